The Hall–Kier alpha value is -1.06. The van der Waals surface area contributed by atoms with Gasteiger partial charge in [0.15, 0.2) is 0 Å². The molecule has 0 amide bonds. The Morgan fingerprint density at radius 2 is 2.00 bits per heavy atom. The molecule has 0 aromatic heterocycles. The van der Waals surface area contributed by atoms with Crippen LogP contribution in [0.5, 0.6) is 5.75 Å². The van der Waals surface area contributed by atoms with Crippen LogP contribution in [0, 0.1) is 0 Å². The van der Waals surface area contributed by atoms with Crippen LogP contribution in [0.1, 0.15) is 37.8 Å². The summed E-state index contributed by atoms with van der Waals surface area (Å²) in [5.74, 6) is 0.883. The van der Waals surface area contributed by atoms with Crippen LogP contribution in [-0.2, 0) is 4.74 Å². The molecular weight excluding hydrogens is 214 g/mol. The summed E-state index contributed by atoms with van der Waals surface area (Å²) in [6, 6.07) is 8.05. The SMILES string of the molecule is CCCCC(N)c1ccccc1OCCOC. The molecule has 1 rings (SSSR count). The van der Waals surface area contributed by atoms with E-state index >= 15 is 0 Å². The zero-order chi connectivity index (χ0) is 12.5. The number of unbranched alkanes of at least 4 members (excludes halogenated alkanes) is 1. The molecule has 1 atom stereocenters. The maximum absolute atomic E-state index is 6.17. The van der Waals surface area contributed by atoms with Gasteiger partial charge in [-0.05, 0) is 12.5 Å². The van der Waals surface area contributed by atoms with Crippen molar-refractivity contribution in [2.45, 2.75) is 32.2 Å². The minimum Gasteiger partial charge on any atom is -0.491 e. The summed E-state index contributed by atoms with van der Waals surface area (Å²) < 4.78 is 10.6. The molecule has 96 valence electrons. The summed E-state index contributed by atoms with van der Waals surface area (Å²) in [5.41, 5.74) is 7.27. The summed E-state index contributed by atoms with van der Waals surface area (Å²) in [7, 11) is 1.67. The topological polar surface area (TPSA) is 44.5 Å². The normalized spacial score (nSPS) is 12.4. The van der Waals surface area contributed by atoms with Gasteiger partial charge in [-0.25, -0.2) is 0 Å². The van der Waals surface area contributed by atoms with E-state index in [1.165, 1.54) is 6.42 Å². The molecule has 17 heavy (non-hydrogen) atoms. The Kier molecular flexibility index (Phi) is 6.67. The number of ether oxygens (including phenoxy) is 2. The summed E-state index contributed by atoms with van der Waals surface area (Å²) >= 11 is 0. The molecule has 0 spiro atoms. The molecule has 3 nitrogen and oxygen atoms in total. The number of nitrogens with two attached hydrogens (primary N) is 1. The van der Waals surface area contributed by atoms with Crippen molar-refractivity contribution >= 4 is 0 Å². The van der Waals surface area contributed by atoms with E-state index in [-0.39, 0.29) is 6.04 Å². The number of para-hydroxylation sites is 1. The number of rotatable bonds is 8. The Labute approximate surface area is 104 Å². The second kappa shape index (κ2) is 8.09. The first-order valence-corrected chi connectivity index (χ1v) is 6.25. The van der Waals surface area contributed by atoms with Crippen LogP contribution < -0.4 is 10.5 Å². The zero-order valence-electron chi connectivity index (χ0n) is 10.8. The fraction of sp³-hybridized carbons (Fsp3) is 0.571. The minimum atomic E-state index is 0.0636. The maximum Gasteiger partial charge on any atom is 0.124 e. The van der Waals surface area contributed by atoms with E-state index in [0.717, 1.165) is 24.2 Å². The molecule has 0 fully saturated rings. The lowest BCUT2D eigenvalue weighted by atomic mass is 10.0. The third kappa shape index (κ3) is 4.75. The molecule has 0 bridgehead atoms. The van der Waals surface area contributed by atoms with E-state index < -0.39 is 0 Å². The molecule has 0 aliphatic rings. The van der Waals surface area contributed by atoms with Crippen LogP contribution in [0.25, 0.3) is 0 Å². The van der Waals surface area contributed by atoms with Gasteiger partial charge in [-0.2, -0.15) is 0 Å². The van der Waals surface area contributed by atoms with Crippen molar-refractivity contribution in [3.8, 4) is 5.75 Å². The predicted molar refractivity (Wildman–Crippen MR) is 70.3 cm³/mol. The Morgan fingerprint density at radius 3 is 2.71 bits per heavy atom. The van der Waals surface area contributed by atoms with Gasteiger partial charge in [-0.1, -0.05) is 38.0 Å². The maximum atomic E-state index is 6.17. The van der Waals surface area contributed by atoms with Gasteiger partial charge in [-0.15, -0.1) is 0 Å². The molecule has 0 saturated carbocycles. The van der Waals surface area contributed by atoms with Crippen molar-refractivity contribution in [3.05, 3.63) is 29.8 Å². The Morgan fingerprint density at radius 1 is 1.24 bits per heavy atom. The van der Waals surface area contributed by atoms with Crippen LogP contribution >= 0.6 is 0 Å². The average molecular weight is 237 g/mol. The van der Waals surface area contributed by atoms with E-state index in [1.807, 2.05) is 24.3 Å². The lowest BCUT2D eigenvalue weighted by Gasteiger charge is -2.16. The first-order valence-electron chi connectivity index (χ1n) is 6.25. The lowest BCUT2D eigenvalue weighted by molar-refractivity contribution is 0.145. The molecule has 3 heteroatoms. The second-order valence-electron chi connectivity index (χ2n) is 4.13. The molecule has 0 aliphatic heterocycles. The van der Waals surface area contributed by atoms with Crippen LogP contribution in [0.4, 0.5) is 0 Å². The summed E-state index contributed by atoms with van der Waals surface area (Å²) in [6.45, 7) is 3.33. The summed E-state index contributed by atoms with van der Waals surface area (Å²) in [6.07, 6.45) is 3.31. The molecule has 1 aromatic rings. The van der Waals surface area contributed by atoms with Gasteiger partial charge in [0.1, 0.15) is 12.4 Å². The van der Waals surface area contributed by atoms with E-state index in [9.17, 15) is 0 Å². The van der Waals surface area contributed by atoms with Gasteiger partial charge < -0.3 is 15.2 Å². The number of hydrogen-bond acceptors (Lipinski definition) is 3. The minimum absolute atomic E-state index is 0.0636. The molecule has 1 aromatic carbocycles. The van der Waals surface area contributed by atoms with Gasteiger partial charge >= 0.3 is 0 Å². The Bertz CT molecular complexity index is 315. The highest BCUT2D eigenvalue weighted by molar-refractivity contribution is 5.35. The largest absolute Gasteiger partial charge is 0.491 e. The highest BCUT2D eigenvalue weighted by Crippen LogP contribution is 2.26. The number of benzene rings is 1. The first-order chi connectivity index (χ1) is 8.29. The first kappa shape index (κ1) is 14.0. The number of methoxy groups -OCH3 is 1. The highest BCUT2D eigenvalue weighted by atomic mass is 16.5. The molecule has 0 saturated heterocycles. The van der Waals surface area contributed by atoms with E-state index in [0.29, 0.717) is 13.2 Å². The molecule has 0 aliphatic carbocycles. The van der Waals surface area contributed by atoms with E-state index in [1.54, 1.807) is 7.11 Å². The van der Waals surface area contributed by atoms with E-state index in [2.05, 4.69) is 6.92 Å². The van der Waals surface area contributed by atoms with Crippen LogP contribution in [0.15, 0.2) is 24.3 Å². The zero-order valence-corrected chi connectivity index (χ0v) is 10.8. The smallest absolute Gasteiger partial charge is 0.124 e. The van der Waals surface area contributed by atoms with Crippen molar-refractivity contribution in [1.82, 2.24) is 0 Å². The van der Waals surface area contributed by atoms with Crippen molar-refractivity contribution in [2.24, 2.45) is 5.73 Å². The monoisotopic (exact) mass is 237 g/mol. The fourth-order valence-corrected chi connectivity index (χ4v) is 1.73. The molecule has 1 unspecified atom stereocenters. The molecule has 2 N–H and O–H groups in total. The van der Waals surface area contributed by atoms with E-state index in [4.69, 9.17) is 15.2 Å². The van der Waals surface area contributed by atoms with Gasteiger partial charge in [0.25, 0.3) is 0 Å². The average Bonchev–Trinajstić information content (AvgIpc) is 2.37. The predicted octanol–water partition coefficient (Wildman–Crippen LogP) is 2.90. The van der Waals surface area contributed by atoms with Crippen molar-refractivity contribution < 1.29 is 9.47 Å². The van der Waals surface area contributed by atoms with Gasteiger partial charge in [0, 0.05) is 18.7 Å². The standard InChI is InChI=1S/C14H23NO2/c1-3-4-8-13(15)12-7-5-6-9-14(12)17-11-10-16-2/h5-7,9,13H,3-4,8,10-11,15H2,1-2H3. The molecule has 0 radical (unpaired) electrons. The summed E-state index contributed by atoms with van der Waals surface area (Å²) in [4.78, 5) is 0. The number of hydrogen-bond donors (Lipinski definition) is 1. The fourth-order valence-electron chi connectivity index (χ4n) is 1.73. The van der Waals surface area contributed by atoms with Crippen LogP contribution in [0.3, 0.4) is 0 Å². The van der Waals surface area contributed by atoms with Crippen molar-refractivity contribution in [2.75, 3.05) is 20.3 Å². The molecular formula is C14H23NO2. The third-order valence-electron chi connectivity index (χ3n) is 2.73. The Balaban J connectivity index is 2.62. The third-order valence-corrected chi connectivity index (χ3v) is 2.73. The highest BCUT2D eigenvalue weighted by Gasteiger charge is 2.10. The molecule has 0 heterocycles. The van der Waals surface area contributed by atoms with Gasteiger partial charge in [0.2, 0.25) is 0 Å². The van der Waals surface area contributed by atoms with Gasteiger partial charge in [-0.3, -0.25) is 0 Å². The summed E-state index contributed by atoms with van der Waals surface area (Å²) in [5, 5.41) is 0. The van der Waals surface area contributed by atoms with Gasteiger partial charge in [0.05, 0.1) is 6.61 Å². The second-order valence-corrected chi connectivity index (χ2v) is 4.13. The lowest BCUT2D eigenvalue weighted by Crippen LogP contribution is -2.13. The van der Waals surface area contributed by atoms with Crippen molar-refractivity contribution in [3.63, 3.8) is 0 Å². The van der Waals surface area contributed by atoms with Crippen LogP contribution in [-0.4, -0.2) is 20.3 Å². The van der Waals surface area contributed by atoms with Crippen molar-refractivity contribution in [1.29, 1.82) is 0 Å². The van der Waals surface area contributed by atoms with Crippen LogP contribution in [0.2, 0.25) is 0 Å². The quantitative estimate of drug-likeness (QED) is 0.707.